The van der Waals surface area contributed by atoms with Gasteiger partial charge in [0.2, 0.25) is 0 Å². The van der Waals surface area contributed by atoms with E-state index in [0.717, 1.165) is 22.4 Å². The number of rotatable bonds is 3. The molecule has 0 atom stereocenters. The first kappa shape index (κ1) is 26.1. The predicted octanol–water partition coefficient (Wildman–Crippen LogP) is 13.1. The van der Waals surface area contributed by atoms with Gasteiger partial charge in [0.15, 0.2) is 0 Å². The van der Waals surface area contributed by atoms with Crippen molar-refractivity contribution in [3.63, 3.8) is 0 Å². The number of fused-ring (bicyclic) bond motifs is 5. The summed E-state index contributed by atoms with van der Waals surface area (Å²) >= 11 is 0. The van der Waals surface area contributed by atoms with Crippen molar-refractivity contribution in [3.8, 4) is 56.0 Å². The Labute approximate surface area is 272 Å². The molecule has 10 rings (SSSR count). The van der Waals surface area contributed by atoms with Crippen LogP contribution in [0.2, 0.25) is 0 Å². The maximum Gasteiger partial charge on any atom is 0.135 e. The minimum Gasteiger partial charge on any atom is -0.456 e. The van der Waals surface area contributed by atoms with Gasteiger partial charge in [-0.25, -0.2) is 0 Å². The molecule has 0 saturated heterocycles. The zero-order valence-corrected chi connectivity index (χ0v) is 25.6. The first-order chi connectivity index (χ1) is 23.3. The Bertz CT molecular complexity index is 2640. The van der Waals surface area contributed by atoms with Crippen LogP contribution in [0.25, 0.3) is 87.6 Å². The molecule has 9 aromatic rings. The lowest BCUT2D eigenvalue weighted by molar-refractivity contribution is 0.487. The standard InChI is InChI=1S/C46H28O/c1-2-13-30(14-3-1)44-34-17-6-8-19-36(34)45(37-20-9-7-18-35(37)44)40-25-27-43-46-38(40)22-11-23-39(46)41-28-31(24-26-42(41)47-43)33-21-10-15-29-12-4-5-16-32(29)33/h1-28H. The molecular formula is C46H28O. The molecule has 0 bridgehead atoms. The van der Waals surface area contributed by atoms with Crippen LogP contribution in [-0.2, 0) is 0 Å². The predicted molar refractivity (Wildman–Crippen MR) is 198 cm³/mol. The third kappa shape index (κ3) is 3.90. The third-order valence-corrected chi connectivity index (χ3v) is 9.86. The summed E-state index contributed by atoms with van der Waals surface area (Å²) in [5.74, 6) is 1.80. The number of ether oxygens (including phenoxy) is 1. The molecule has 0 aromatic heterocycles. The van der Waals surface area contributed by atoms with Crippen LogP contribution in [0.4, 0.5) is 0 Å². The molecular weight excluding hydrogens is 569 g/mol. The second-order valence-corrected chi connectivity index (χ2v) is 12.4. The van der Waals surface area contributed by atoms with Gasteiger partial charge in [0, 0.05) is 10.9 Å². The second kappa shape index (κ2) is 10.2. The van der Waals surface area contributed by atoms with Crippen molar-refractivity contribution in [1.82, 2.24) is 0 Å². The summed E-state index contributed by atoms with van der Waals surface area (Å²) in [6, 6.07) is 61.4. The van der Waals surface area contributed by atoms with Gasteiger partial charge >= 0.3 is 0 Å². The Morgan fingerprint density at radius 1 is 0.298 bits per heavy atom. The fourth-order valence-corrected chi connectivity index (χ4v) is 7.83. The van der Waals surface area contributed by atoms with Crippen molar-refractivity contribution < 1.29 is 4.74 Å². The summed E-state index contributed by atoms with van der Waals surface area (Å²) in [5, 5.41) is 9.88. The van der Waals surface area contributed by atoms with E-state index in [1.807, 2.05) is 0 Å². The van der Waals surface area contributed by atoms with E-state index < -0.39 is 0 Å². The molecule has 1 aliphatic heterocycles. The van der Waals surface area contributed by atoms with Gasteiger partial charge in [-0.3, -0.25) is 0 Å². The topological polar surface area (TPSA) is 9.23 Å². The van der Waals surface area contributed by atoms with E-state index in [1.54, 1.807) is 0 Å². The molecule has 47 heavy (non-hydrogen) atoms. The van der Waals surface area contributed by atoms with Gasteiger partial charge in [-0.1, -0.05) is 146 Å². The Kier molecular flexibility index (Phi) is 5.64. The minimum absolute atomic E-state index is 0.893. The summed E-state index contributed by atoms with van der Waals surface area (Å²) in [6.07, 6.45) is 0. The lowest BCUT2D eigenvalue weighted by Gasteiger charge is -2.24. The zero-order valence-electron chi connectivity index (χ0n) is 25.6. The van der Waals surface area contributed by atoms with Crippen molar-refractivity contribution in [2.45, 2.75) is 0 Å². The molecule has 1 heteroatoms. The van der Waals surface area contributed by atoms with Crippen molar-refractivity contribution in [2.75, 3.05) is 0 Å². The molecule has 218 valence electrons. The first-order valence-electron chi connectivity index (χ1n) is 16.2. The summed E-state index contributed by atoms with van der Waals surface area (Å²) in [4.78, 5) is 0. The zero-order chi connectivity index (χ0) is 30.9. The van der Waals surface area contributed by atoms with Gasteiger partial charge in [0.05, 0.1) is 0 Å². The van der Waals surface area contributed by atoms with Crippen molar-refractivity contribution in [3.05, 3.63) is 170 Å². The fourth-order valence-electron chi connectivity index (χ4n) is 7.83. The number of benzene rings is 9. The maximum atomic E-state index is 6.67. The molecule has 9 aromatic carbocycles. The number of hydrogen-bond acceptors (Lipinski definition) is 1. The average Bonchev–Trinajstić information content (AvgIpc) is 3.14. The maximum absolute atomic E-state index is 6.67. The molecule has 1 heterocycles. The van der Waals surface area contributed by atoms with Gasteiger partial charge in [0.25, 0.3) is 0 Å². The average molecular weight is 597 g/mol. The van der Waals surface area contributed by atoms with Crippen LogP contribution in [-0.4, -0.2) is 0 Å². The molecule has 0 radical (unpaired) electrons. The highest BCUT2D eigenvalue weighted by molar-refractivity contribution is 6.24. The Balaban J connectivity index is 1.24. The molecule has 1 aliphatic rings. The fraction of sp³-hybridized carbons (Fsp3) is 0. The van der Waals surface area contributed by atoms with Crippen molar-refractivity contribution >= 4 is 43.1 Å². The van der Waals surface area contributed by atoms with Crippen LogP contribution in [0.15, 0.2) is 170 Å². The van der Waals surface area contributed by atoms with Crippen LogP contribution in [0.1, 0.15) is 0 Å². The van der Waals surface area contributed by atoms with Gasteiger partial charge < -0.3 is 4.74 Å². The highest BCUT2D eigenvalue weighted by atomic mass is 16.5. The molecule has 0 N–H and O–H groups in total. The van der Waals surface area contributed by atoms with Crippen molar-refractivity contribution in [2.24, 2.45) is 0 Å². The summed E-state index contributed by atoms with van der Waals surface area (Å²) < 4.78 is 6.67. The van der Waals surface area contributed by atoms with Crippen LogP contribution in [0.3, 0.4) is 0 Å². The van der Waals surface area contributed by atoms with E-state index in [9.17, 15) is 0 Å². The third-order valence-electron chi connectivity index (χ3n) is 9.86. The normalized spacial score (nSPS) is 12.0. The van der Waals surface area contributed by atoms with E-state index >= 15 is 0 Å². The highest BCUT2D eigenvalue weighted by Crippen LogP contribution is 2.52. The molecule has 0 amide bonds. The van der Waals surface area contributed by atoms with E-state index in [2.05, 4.69) is 170 Å². The number of hydrogen-bond donors (Lipinski definition) is 0. The van der Waals surface area contributed by atoms with Crippen LogP contribution in [0, 0.1) is 0 Å². The van der Waals surface area contributed by atoms with Crippen LogP contribution >= 0.6 is 0 Å². The summed E-state index contributed by atoms with van der Waals surface area (Å²) in [5.41, 5.74) is 9.74. The van der Waals surface area contributed by atoms with E-state index in [-0.39, 0.29) is 0 Å². The Morgan fingerprint density at radius 2 is 0.872 bits per heavy atom. The lowest BCUT2D eigenvalue weighted by Crippen LogP contribution is -1.99. The second-order valence-electron chi connectivity index (χ2n) is 12.4. The van der Waals surface area contributed by atoms with Gasteiger partial charge in [-0.15, -0.1) is 0 Å². The van der Waals surface area contributed by atoms with Crippen LogP contribution < -0.4 is 4.74 Å². The molecule has 0 spiro atoms. The summed E-state index contributed by atoms with van der Waals surface area (Å²) in [6.45, 7) is 0. The first-order valence-corrected chi connectivity index (χ1v) is 16.2. The van der Waals surface area contributed by atoms with E-state index in [0.29, 0.717) is 0 Å². The van der Waals surface area contributed by atoms with Gasteiger partial charge in [0.1, 0.15) is 11.5 Å². The molecule has 0 aliphatic carbocycles. The molecule has 0 unspecified atom stereocenters. The van der Waals surface area contributed by atoms with Gasteiger partial charge in [-0.05, 0) is 101 Å². The Morgan fingerprint density at radius 3 is 1.64 bits per heavy atom. The quantitative estimate of drug-likeness (QED) is 0.184. The van der Waals surface area contributed by atoms with Gasteiger partial charge in [-0.2, -0.15) is 0 Å². The highest BCUT2D eigenvalue weighted by Gasteiger charge is 2.24. The largest absolute Gasteiger partial charge is 0.456 e. The van der Waals surface area contributed by atoms with E-state index in [1.165, 1.54) is 76.6 Å². The smallest absolute Gasteiger partial charge is 0.135 e. The Hall–Kier alpha value is -6.18. The van der Waals surface area contributed by atoms with Crippen LogP contribution in [0.5, 0.6) is 11.5 Å². The molecule has 0 fully saturated rings. The van der Waals surface area contributed by atoms with Crippen molar-refractivity contribution in [1.29, 1.82) is 0 Å². The SMILES string of the molecule is c1ccc(-c2c3ccccc3c(-c3ccc4c5c(cccc35)-c3cc(-c5cccc6ccccc56)ccc3O4)c3ccccc23)cc1. The molecule has 0 saturated carbocycles. The lowest BCUT2D eigenvalue weighted by atomic mass is 9.83. The molecule has 1 nitrogen and oxygen atoms in total. The van der Waals surface area contributed by atoms with E-state index in [4.69, 9.17) is 4.74 Å². The minimum atomic E-state index is 0.893. The monoisotopic (exact) mass is 596 g/mol. The summed E-state index contributed by atoms with van der Waals surface area (Å²) in [7, 11) is 0.